The minimum Gasteiger partial charge on any atom is -0.422 e. The molecule has 3 heterocycles. The predicted octanol–water partition coefficient (Wildman–Crippen LogP) is 5.97. The highest BCUT2D eigenvalue weighted by molar-refractivity contribution is 5.85. The van der Waals surface area contributed by atoms with E-state index in [1.807, 2.05) is 91.1 Å². The van der Waals surface area contributed by atoms with Gasteiger partial charge in [-0.05, 0) is 24.3 Å². The third-order valence-corrected chi connectivity index (χ3v) is 5.48. The second kappa shape index (κ2) is 7.76. The number of fused-ring (bicyclic) bond motifs is 1. The van der Waals surface area contributed by atoms with Gasteiger partial charge in [-0.1, -0.05) is 71.9 Å². The molecule has 0 aliphatic heterocycles. The Balaban J connectivity index is 1.56. The molecule has 0 saturated heterocycles. The van der Waals surface area contributed by atoms with E-state index in [9.17, 15) is 4.79 Å². The summed E-state index contributed by atoms with van der Waals surface area (Å²) in [5.74, 6) is 0.634. The second-order valence-corrected chi connectivity index (χ2v) is 7.60. The maximum absolute atomic E-state index is 12.9. The van der Waals surface area contributed by atoms with E-state index < -0.39 is 5.63 Å². The Hall–Kier alpha value is -4.71. The van der Waals surface area contributed by atoms with Crippen molar-refractivity contribution in [1.29, 1.82) is 0 Å². The number of nitrogens with zero attached hydrogens (tertiary/aromatic N) is 3. The van der Waals surface area contributed by atoms with E-state index in [1.54, 1.807) is 16.8 Å². The topological polar surface area (TPSA) is 74.1 Å². The van der Waals surface area contributed by atoms with Crippen LogP contribution in [0.5, 0.6) is 0 Å². The molecule has 0 N–H and O–H groups in total. The fourth-order valence-corrected chi connectivity index (χ4v) is 3.84. The molecule has 0 spiro atoms. The highest BCUT2D eigenvalue weighted by Gasteiger charge is 2.21. The van der Waals surface area contributed by atoms with Crippen LogP contribution in [-0.4, -0.2) is 14.9 Å². The standard InChI is InChI=1S/C27H17N3O3/c31-27-21(15-19-11-7-8-14-24(19)32-27)26-22(17-30(28-26)20-12-5-2-6-13-20)23-16-25(33-29-23)18-9-3-1-4-10-18/h1-17H. The van der Waals surface area contributed by atoms with E-state index in [2.05, 4.69) is 5.16 Å². The van der Waals surface area contributed by atoms with Gasteiger partial charge in [0.1, 0.15) is 17.0 Å². The summed E-state index contributed by atoms with van der Waals surface area (Å²) in [6, 6.07) is 30.5. The van der Waals surface area contributed by atoms with Gasteiger partial charge in [0.15, 0.2) is 5.76 Å². The van der Waals surface area contributed by atoms with Crippen molar-refractivity contribution >= 4 is 11.0 Å². The lowest BCUT2D eigenvalue weighted by atomic mass is 10.1. The average molecular weight is 431 g/mol. The van der Waals surface area contributed by atoms with Gasteiger partial charge in [0.05, 0.1) is 16.8 Å². The van der Waals surface area contributed by atoms with Crippen molar-refractivity contribution < 1.29 is 8.94 Å². The smallest absolute Gasteiger partial charge is 0.345 e. The molecule has 0 radical (unpaired) electrons. The summed E-state index contributed by atoms with van der Waals surface area (Å²) in [5.41, 5.74) is 3.95. The summed E-state index contributed by atoms with van der Waals surface area (Å²) in [6.07, 6.45) is 1.85. The average Bonchev–Trinajstić information content (AvgIpc) is 3.52. The molecule has 0 aliphatic rings. The molecule has 0 unspecified atom stereocenters. The lowest BCUT2D eigenvalue weighted by Gasteiger charge is -2.02. The fourth-order valence-electron chi connectivity index (χ4n) is 3.84. The lowest BCUT2D eigenvalue weighted by Crippen LogP contribution is -2.04. The molecule has 33 heavy (non-hydrogen) atoms. The highest BCUT2D eigenvalue weighted by Crippen LogP contribution is 2.33. The summed E-state index contributed by atoms with van der Waals surface area (Å²) in [5, 5.41) is 9.86. The van der Waals surface area contributed by atoms with Gasteiger partial charge < -0.3 is 8.94 Å². The van der Waals surface area contributed by atoms with Gasteiger partial charge in [0, 0.05) is 23.2 Å². The SMILES string of the molecule is O=c1oc2ccccc2cc1-c1nn(-c2ccccc2)cc1-c1cc(-c2ccccc2)on1. The molecule has 3 aromatic carbocycles. The number of benzene rings is 3. The van der Waals surface area contributed by atoms with Crippen LogP contribution in [0.3, 0.4) is 0 Å². The third kappa shape index (κ3) is 3.43. The Morgan fingerprint density at radius 2 is 1.48 bits per heavy atom. The molecule has 0 amide bonds. The van der Waals surface area contributed by atoms with E-state index in [1.165, 1.54) is 0 Å². The Morgan fingerprint density at radius 3 is 2.30 bits per heavy atom. The fraction of sp³-hybridized carbons (Fsp3) is 0. The zero-order valence-electron chi connectivity index (χ0n) is 17.4. The molecule has 6 rings (SSSR count). The van der Waals surface area contributed by atoms with Crippen LogP contribution >= 0.6 is 0 Å². The van der Waals surface area contributed by atoms with Crippen LogP contribution < -0.4 is 5.63 Å². The van der Waals surface area contributed by atoms with Crippen molar-refractivity contribution in [2.75, 3.05) is 0 Å². The van der Waals surface area contributed by atoms with Crippen LogP contribution in [0, 0.1) is 0 Å². The molecular formula is C27H17N3O3. The van der Waals surface area contributed by atoms with Crippen LogP contribution in [-0.2, 0) is 0 Å². The molecule has 0 aliphatic carbocycles. The summed E-state index contributed by atoms with van der Waals surface area (Å²) in [7, 11) is 0. The summed E-state index contributed by atoms with van der Waals surface area (Å²) < 4.78 is 12.9. The largest absolute Gasteiger partial charge is 0.422 e. The number of hydrogen-bond donors (Lipinski definition) is 0. The zero-order chi connectivity index (χ0) is 22.2. The van der Waals surface area contributed by atoms with Crippen molar-refractivity contribution in [3.8, 4) is 39.5 Å². The van der Waals surface area contributed by atoms with Gasteiger partial charge >= 0.3 is 5.63 Å². The highest BCUT2D eigenvalue weighted by atomic mass is 16.5. The molecule has 6 nitrogen and oxygen atoms in total. The van der Waals surface area contributed by atoms with Gasteiger partial charge in [-0.15, -0.1) is 0 Å². The quantitative estimate of drug-likeness (QED) is 0.322. The third-order valence-electron chi connectivity index (χ3n) is 5.48. The van der Waals surface area contributed by atoms with Crippen molar-refractivity contribution in [3.63, 3.8) is 0 Å². The first kappa shape index (κ1) is 19.0. The van der Waals surface area contributed by atoms with Crippen molar-refractivity contribution in [2.45, 2.75) is 0 Å². The normalized spacial score (nSPS) is 11.2. The first-order valence-electron chi connectivity index (χ1n) is 10.5. The lowest BCUT2D eigenvalue weighted by molar-refractivity contribution is 0.435. The molecule has 6 aromatic rings. The Bertz CT molecular complexity index is 1630. The zero-order valence-corrected chi connectivity index (χ0v) is 17.4. The molecule has 0 atom stereocenters. The van der Waals surface area contributed by atoms with Gasteiger partial charge in [-0.3, -0.25) is 0 Å². The van der Waals surface area contributed by atoms with Crippen molar-refractivity contribution in [1.82, 2.24) is 14.9 Å². The van der Waals surface area contributed by atoms with Gasteiger partial charge in [-0.2, -0.15) is 5.10 Å². The summed E-state index contributed by atoms with van der Waals surface area (Å²) >= 11 is 0. The molecule has 0 fully saturated rings. The minimum atomic E-state index is -0.458. The van der Waals surface area contributed by atoms with Gasteiger partial charge in [0.2, 0.25) is 0 Å². The first-order valence-corrected chi connectivity index (χ1v) is 10.5. The van der Waals surface area contributed by atoms with Crippen LogP contribution in [0.2, 0.25) is 0 Å². The van der Waals surface area contributed by atoms with Crippen molar-refractivity contribution in [2.24, 2.45) is 0 Å². The van der Waals surface area contributed by atoms with Crippen LogP contribution in [0.1, 0.15) is 0 Å². The second-order valence-electron chi connectivity index (χ2n) is 7.60. The van der Waals surface area contributed by atoms with Crippen LogP contribution in [0.4, 0.5) is 0 Å². The first-order chi connectivity index (χ1) is 16.3. The van der Waals surface area contributed by atoms with Gasteiger partial charge in [0.25, 0.3) is 0 Å². The molecular weight excluding hydrogens is 414 g/mol. The maximum Gasteiger partial charge on any atom is 0.345 e. The number of para-hydroxylation sites is 2. The van der Waals surface area contributed by atoms with Crippen LogP contribution in [0.25, 0.3) is 50.5 Å². The van der Waals surface area contributed by atoms with E-state index in [-0.39, 0.29) is 0 Å². The predicted molar refractivity (Wildman–Crippen MR) is 126 cm³/mol. The Kier molecular flexibility index (Phi) is 4.47. The molecule has 158 valence electrons. The molecule has 0 bridgehead atoms. The monoisotopic (exact) mass is 431 g/mol. The van der Waals surface area contributed by atoms with E-state index in [0.29, 0.717) is 33.9 Å². The molecule has 0 saturated carbocycles. The van der Waals surface area contributed by atoms with E-state index in [0.717, 1.165) is 16.6 Å². The molecule has 6 heteroatoms. The Labute approximate surface area is 188 Å². The number of rotatable bonds is 4. The van der Waals surface area contributed by atoms with Crippen LogP contribution in [0.15, 0.2) is 117 Å². The van der Waals surface area contributed by atoms with E-state index in [4.69, 9.17) is 14.0 Å². The number of aromatic nitrogens is 3. The summed E-state index contributed by atoms with van der Waals surface area (Å²) in [4.78, 5) is 12.9. The molecule has 3 aromatic heterocycles. The van der Waals surface area contributed by atoms with Gasteiger partial charge in [-0.25, -0.2) is 9.48 Å². The Morgan fingerprint density at radius 1 is 0.758 bits per heavy atom. The minimum absolute atomic E-state index is 0.364. The maximum atomic E-state index is 12.9. The number of hydrogen-bond acceptors (Lipinski definition) is 5. The summed E-state index contributed by atoms with van der Waals surface area (Å²) in [6.45, 7) is 0. The van der Waals surface area contributed by atoms with E-state index >= 15 is 0 Å². The van der Waals surface area contributed by atoms with Crippen molar-refractivity contribution in [3.05, 3.63) is 114 Å².